The van der Waals surface area contributed by atoms with Gasteiger partial charge in [-0.1, -0.05) is 13.0 Å². The Labute approximate surface area is 186 Å². The van der Waals surface area contributed by atoms with E-state index < -0.39 is 6.10 Å². The molecule has 1 aliphatic heterocycles. The molecule has 3 aromatic rings. The lowest BCUT2D eigenvalue weighted by Gasteiger charge is -2.28. The van der Waals surface area contributed by atoms with Crippen molar-refractivity contribution >= 4 is 22.8 Å². The number of hydrogen-bond donors (Lipinski definition) is 1. The molecule has 1 amide bonds. The fourth-order valence-electron chi connectivity index (χ4n) is 3.67. The Morgan fingerprint density at radius 3 is 2.84 bits per heavy atom. The van der Waals surface area contributed by atoms with E-state index in [0.29, 0.717) is 42.1 Å². The number of morpholine rings is 1. The summed E-state index contributed by atoms with van der Waals surface area (Å²) in [5, 5.41) is 2.90. The molecule has 8 heteroatoms. The summed E-state index contributed by atoms with van der Waals surface area (Å²) in [6.07, 6.45) is 2.09. The third-order valence-electron chi connectivity index (χ3n) is 5.34. The third-order valence-corrected chi connectivity index (χ3v) is 5.34. The van der Waals surface area contributed by atoms with Crippen molar-refractivity contribution in [2.75, 3.05) is 37.7 Å². The lowest BCUT2D eigenvalue weighted by atomic mass is 10.0. The molecule has 0 aliphatic carbocycles. The maximum Gasteiger partial charge on any atom is 0.251 e. The summed E-state index contributed by atoms with van der Waals surface area (Å²) in [5.41, 5.74) is 2.47. The van der Waals surface area contributed by atoms with Crippen molar-refractivity contribution in [1.82, 2.24) is 15.3 Å². The molecule has 0 spiro atoms. The summed E-state index contributed by atoms with van der Waals surface area (Å²) in [5.74, 6) is 0.612. The number of rotatable bonds is 7. The highest BCUT2D eigenvalue weighted by Gasteiger charge is 2.20. The van der Waals surface area contributed by atoms with E-state index >= 15 is 0 Å². The molecular formula is C24H27FN4O3. The molecule has 1 fully saturated rings. The molecule has 1 aromatic heterocycles. The highest BCUT2D eigenvalue weighted by atomic mass is 19.1. The number of aromatic nitrogens is 2. The topological polar surface area (TPSA) is 76.6 Å². The van der Waals surface area contributed by atoms with Gasteiger partial charge in [0.25, 0.3) is 5.91 Å². The van der Waals surface area contributed by atoms with Crippen LogP contribution in [0.5, 0.6) is 5.75 Å². The van der Waals surface area contributed by atoms with Gasteiger partial charge in [-0.3, -0.25) is 9.78 Å². The van der Waals surface area contributed by atoms with E-state index in [0.717, 1.165) is 30.9 Å². The molecular weight excluding hydrogens is 411 g/mol. The van der Waals surface area contributed by atoms with Crippen molar-refractivity contribution in [1.29, 1.82) is 0 Å². The maximum absolute atomic E-state index is 13.6. The van der Waals surface area contributed by atoms with Crippen molar-refractivity contribution in [2.24, 2.45) is 0 Å². The van der Waals surface area contributed by atoms with Gasteiger partial charge in [-0.25, -0.2) is 9.37 Å². The normalized spacial score (nSPS) is 14.9. The van der Waals surface area contributed by atoms with Crippen LogP contribution in [0.4, 0.5) is 10.2 Å². The number of fused-ring (bicyclic) bond motifs is 1. The monoisotopic (exact) mass is 438 g/mol. The van der Waals surface area contributed by atoms with Crippen molar-refractivity contribution < 1.29 is 18.7 Å². The van der Waals surface area contributed by atoms with Crippen molar-refractivity contribution in [2.45, 2.75) is 26.4 Å². The summed E-state index contributed by atoms with van der Waals surface area (Å²) in [6, 6.07) is 9.53. The fourth-order valence-corrected chi connectivity index (χ4v) is 3.67. The molecule has 2 aromatic carbocycles. The van der Waals surface area contributed by atoms with E-state index in [1.54, 1.807) is 30.5 Å². The lowest BCUT2D eigenvalue weighted by molar-refractivity contribution is 0.0953. The molecule has 1 unspecified atom stereocenters. The van der Waals surface area contributed by atoms with Gasteiger partial charge in [-0.2, -0.15) is 0 Å². The molecule has 32 heavy (non-hydrogen) atoms. The first-order chi connectivity index (χ1) is 15.5. The minimum Gasteiger partial charge on any atom is -0.486 e. The van der Waals surface area contributed by atoms with Gasteiger partial charge in [0, 0.05) is 36.8 Å². The van der Waals surface area contributed by atoms with Gasteiger partial charge in [0.15, 0.2) is 0 Å². The summed E-state index contributed by atoms with van der Waals surface area (Å²) >= 11 is 0. The number of hydrogen-bond acceptors (Lipinski definition) is 6. The van der Waals surface area contributed by atoms with Crippen LogP contribution in [0.15, 0.2) is 42.6 Å². The Morgan fingerprint density at radius 1 is 1.28 bits per heavy atom. The molecule has 7 nitrogen and oxygen atoms in total. The van der Waals surface area contributed by atoms with Crippen LogP contribution in [0.3, 0.4) is 0 Å². The average Bonchev–Trinajstić information content (AvgIpc) is 2.82. The zero-order valence-electron chi connectivity index (χ0n) is 18.3. The highest BCUT2D eigenvalue weighted by Crippen LogP contribution is 2.29. The van der Waals surface area contributed by atoms with E-state index in [1.807, 2.05) is 13.8 Å². The second-order valence-corrected chi connectivity index (χ2v) is 7.73. The van der Waals surface area contributed by atoms with E-state index in [1.165, 1.54) is 12.1 Å². The molecule has 168 valence electrons. The summed E-state index contributed by atoms with van der Waals surface area (Å²) in [4.78, 5) is 24.3. The van der Waals surface area contributed by atoms with Crippen molar-refractivity contribution in [3.05, 3.63) is 59.5 Å². The van der Waals surface area contributed by atoms with Gasteiger partial charge < -0.3 is 19.7 Å². The number of amides is 1. The SMILES string of the molecule is CCCNC(=O)c1cc(C(C)Oc2cccc(F)c2)c2nc(N3CCOCC3)cnc2c1. The largest absolute Gasteiger partial charge is 0.486 e. The maximum atomic E-state index is 13.6. The van der Waals surface area contributed by atoms with E-state index in [9.17, 15) is 9.18 Å². The number of anilines is 1. The quantitative estimate of drug-likeness (QED) is 0.603. The third kappa shape index (κ3) is 4.96. The van der Waals surface area contributed by atoms with Crippen LogP contribution in [-0.2, 0) is 4.74 Å². The minimum absolute atomic E-state index is 0.174. The minimum atomic E-state index is -0.479. The predicted octanol–water partition coefficient (Wildman–Crippen LogP) is 3.89. The van der Waals surface area contributed by atoms with Crippen molar-refractivity contribution in [3.63, 3.8) is 0 Å². The van der Waals surface area contributed by atoms with Crippen LogP contribution >= 0.6 is 0 Å². The Morgan fingerprint density at radius 2 is 2.09 bits per heavy atom. The second kappa shape index (κ2) is 9.91. The van der Waals surface area contributed by atoms with Gasteiger partial charge in [0.05, 0.1) is 30.4 Å². The Kier molecular flexibility index (Phi) is 6.80. The van der Waals surface area contributed by atoms with Crippen LogP contribution in [0, 0.1) is 5.82 Å². The summed E-state index contributed by atoms with van der Waals surface area (Å²) < 4.78 is 25.1. The predicted molar refractivity (Wildman–Crippen MR) is 121 cm³/mol. The van der Waals surface area contributed by atoms with Crippen molar-refractivity contribution in [3.8, 4) is 5.75 Å². The molecule has 0 radical (unpaired) electrons. The fraction of sp³-hybridized carbons (Fsp3) is 0.375. The number of benzene rings is 2. The van der Waals surface area contributed by atoms with Crippen LogP contribution in [-0.4, -0.2) is 48.7 Å². The van der Waals surface area contributed by atoms with Crippen LogP contribution < -0.4 is 15.0 Å². The van der Waals surface area contributed by atoms with Gasteiger partial charge in [-0.15, -0.1) is 0 Å². The number of halogens is 1. The van der Waals surface area contributed by atoms with Crippen LogP contribution in [0.1, 0.15) is 42.3 Å². The van der Waals surface area contributed by atoms with Gasteiger partial charge >= 0.3 is 0 Å². The highest BCUT2D eigenvalue weighted by molar-refractivity contribution is 5.98. The molecule has 4 rings (SSSR count). The Bertz CT molecular complexity index is 1100. The van der Waals surface area contributed by atoms with E-state index in [4.69, 9.17) is 14.5 Å². The first kappa shape index (κ1) is 22.0. The van der Waals surface area contributed by atoms with E-state index in [-0.39, 0.29) is 11.7 Å². The first-order valence-electron chi connectivity index (χ1n) is 10.9. The molecule has 0 bridgehead atoms. The van der Waals surface area contributed by atoms with E-state index in [2.05, 4.69) is 15.2 Å². The molecule has 1 saturated heterocycles. The summed E-state index contributed by atoms with van der Waals surface area (Å²) in [7, 11) is 0. The number of nitrogens with one attached hydrogen (secondary N) is 1. The smallest absolute Gasteiger partial charge is 0.251 e. The second-order valence-electron chi connectivity index (χ2n) is 7.73. The average molecular weight is 439 g/mol. The number of ether oxygens (including phenoxy) is 2. The molecule has 0 saturated carbocycles. The molecule has 1 N–H and O–H groups in total. The Balaban J connectivity index is 1.74. The van der Waals surface area contributed by atoms with Crippen LogP contribution in [0.2, 0.25) is 0 Å². The zero-order chi connectivity index (χ0) is 22.5. The standard InChI is InChI=1S/C24H27FN4O3/c1-3-7-26-24(30)17-12-20(16(2)32-19-6-4-5-18(25)14-19)23-21(13-17)27-15-22(28-23)29-8-10-31-11-9-29/h4-6,12-16H,3,7-11H2,1-2H3,(H,26,30). The van der Waals surface area contributed by atoms with Gasteiger partial charge in [-0.05, 0) is 37.6 Å². The van der Waals surface area contributed by atoms with Gasteiger partial charge in [0.2, 0.25) is 0 Å². The zero-order valence-corrected chi connectivity index (χ0v) is 18.3. The number of carbonyl (C=O) groups excluding carboxylic acids is 1. The van der Waals surface area contributed by atoms with Crippen LogP contribution in [0.25, 0.3) is 11.0 Å². The summed E-state index contributed by atoms with van der Waals surface area (Å²) in [6.45, 7) is 7.20. The lowest BCUT2D eigenvalue weighted by Crippen LogP contribution is -2.36. The number of carbonyl (C=O) groups is 1. The molecule has 1 aliphatic rings. The first-order valence-corrected chi connectivity index (χ1v) is 10.9. The number of nitrogens with zero attached hydrogens (tertiary/aromatic N) is 3. The molecule has 1 atom stereocenters. The molecule has 2 heterocycles. The van der Waals surface area contributed by atoms with Gasteiger partial charge in [0.1, 0.15) is 23.5 Å². The Hall–Kier alpha value is -3.26.